The van der Waals surface area contributed by atoms with Crippen LogP contribution in [0.2, 0.25) is 0 Å². The van der Waals surface area contributed by atoms with Crippen LogP contribution >= 0.6 is 11.3 Å². The molecule has 0 spiro atoms. The summed E-state index contributed by atoms with van der Waals surface area (Å²) in [6.07, 6.45) is 1.63. The van der Waals surface area contributed by atoms with Crippen LogP contribution < -0.4 is 10.5 Å². The first-order valence-corrected chi connectivity index (χ1v) is 8.47. The monoisotopic (exact) mass is 334 g/mol. The Kier molecular flexibility index (Phi) is 4.16. The maximum absolute atomic E-state index is 12.4. The summed E-state index contributed by atoms with van der Waals surface area (Å²) in [5, 5.41) is 13.5. The second-order valence-electron chi connectivity index (χ2n) is 5.49. The molecular formula is C15H18N4O3S. The lowest BCUT2D eigenvalue weighted by atomic mass is 10.2. The molecule has 0 unspecified atom stereocenters. The summed E-state index contributed by atoms with van der Waals surface area (Å²) in [5.41, 5.74) is 0.306. The minimum Gasteiger partial charge on any atom is -0.350 e. The summed E-state index contributed by atoms with van der Waals surface area (Å²) in [6.45, 7) is 5.13. The lowest BCUT2D eigenvalue weighted by molar-refractivity contribution is -0.386. The van der Waals surface area contributed by atoms with E-state index in [2.05, 4.69) is 16.4 Å². The topological polar surface area (TPSA) is 81.3 Å². The number of nitrogens with zero attached hydrogens (tertiary/aromatic N) is 4. The fourth-order valence-electron chi connectivity index (χ4n) is 3.01. The third-order valence-electron chi connectivity index (χ3n) is 4.21. The van der Waals surface area contributed by atoms with Crippen LogP contribution in [-0.2, 0) is 19.4 Å². The number of anilines is 1. The zero-order chi connectivity index (χ0) is 16.6. The molecule has 0 aliphatic carbocycles. The quantitative estimate of drug-likeness (QED) is 0.634. The molecule has 7 nitrogen and oxygen atoms in total. The van der Waals surface area contributed by atoms with Crippen molar-refractivity contribution in [3.8, 4) is 0 Å². The van der Waals surface area contributed by atoms with Crippen molar-refractivity contribution in [3.63, 3.8) is 0 Å². The third kappa shape index (κ3) is 2.74. The molecule has 1 aliphatic heterocycles. The molecule has 23 heavy (non-hydrogen) atoms. The van der Waals surface area contributed by atoms with E-state index in [4.69, 9.17) is 0 Å². The zero-order valence-electron chi connectivity index (χ0n) is 13.1. The van der Waals surface area contributed by atoms with E-state index >= 15 is 0 Å². The van der Waals surface area contributed by atoms with E-state index < -0.39 is 16.2 Å². The van der Waals surface area contributed by atoms with Gasteiger partial charge in [0.25, 0.3) is 0 Å². The molecule has 3 rings (SSSR count). The zero-order valence-corrected chi connectivity index (χ0v) is 13.9. The van der Waals surface area contributed by atoms with Crippen molar-refractivity contribution in [1.29, 1.82) is 0 Å². The SMILES string of the molecule is CCn1c(C)nc(N2CCc3ccsc3CC2)c([N+](=O)[O-])c1=O. The fraction of sp³-hybridized carbons (Fsp3) is 0.467. The molecule has 2 aromatic heterocycles. The summed E-state index contributed by atoms with van der Waals surface area (Å²) >= 11 is 1.71. The van der Waals surface area contributed by atoms with Crippen molar-refractivity contribution < 1.29 is 4.92 Å². The first kappa shape index (κ1) is 15.7. The number of aryl methyl sites for hydroxylation is 1. The molecule has 122 valence electrons. The van der Waals surface area contributed by atoms with Gasteiger partial charge in [0, 0.05) is 24.5 Å². The van der Waals surface area contributed by atoms with Crippen LogP contribution in [0, 0.1) is 17.0 Å². The minimum atomic E-state index is -0.600. The molecule has 1 aliphatic rings. The molecule has 0 radical (unpaired) electrons. The van der Waals surface area contributed by atoms with Crippen molar-refractivity contribution in [2.24, 2.45) is 0 Å². The number of rotatable bonds is 3. The Morgan fingerprint density at radius 2 is 2.13 bits per heavy atom. The van der Waals surface area contributed by atoms with Gasteiger partial charge < -0.3 is 4.90 Å². The van der Waals surface area contributed by atoms with Gasteiger partial charge >= 0.3 is 11.2 Å². The van der Waals surface area contributed by atoms with E-state index in [1.807, 2.05) is 4.90 Å². The summed E-state index contributed by atoms with van der Waals surface area (Å²) < 4.78 is 1.34. The number of aromatic nitrogens is 2. The van der Waals surface area contributed by atoms with Crippen LogP contribution in [0.25, 0.3) is 0 Å². The highest BCUT2D eigenvalue weighted by Crippen LogP contribution is 2.27. The largest absolute Gasteiger partial charge is 0.376 e. The normalized spacial score (nSPS) is 14.4. The molecule has 3 heterocycles. The number of nitro groups is 1. The molecule has 0 N–H and O–H groups in total. The highest BCUT2D eigenvalue weighted by Gasteiger charge is 2.29. The smallest absolute Gasteiger partial charge is 0.350 e. The number of hydrogen-bond acceptors (Lipinski definition) is 6. The van der Waals surface area contributed by atoms with Gasteiger partial charge in [0.05, 0.1) is 4.92 Å². The molecule has 0 saturated carbocycles. The Morgan fingerprint density at radius 1 is 1.39 bits per heavy atom. The minimum absolute atomic E-state index is 0.206. The number of fused-ring (bicyclic) bond motifs is 1. The molecule has 2 aromatic rings. The van der Waals surface area contributed by atoms with Crippen LogP contribution in [0.15, 0.2) is 16.2 Å². The lowest BCUT2D eigenvalue weighted by Gasteiger charge is -2.22. The van der Waals surface area contributed by atoms with Crippen LogP contribution in [-0.4, -0.2) is 27.6 Å². The van der Waals surface area contributed by atoms with E-state index in [-0.39, 0.29) is 5.82 Å². The van der Waals surface area contributed by atoms with E-state index in [0.29, 0.717) is 25.5 Å². The summed E-state index contributed by atoms with van der Waals surface area (Å²) in [5.74, 6) is 0.717. The van der Waals surface area contributed by atoms with Crippen molar-refractivity contribution in [2.75, 3.05) is 18.0 Å². The van der Waals surface area contributed by atoms with Crippen LogP contribution in [0.3, 0.4) is 0 Å². The predicted molar refractivity (Wildman–Crippen MR) is 89.5 cm³/mol. The van der Waals surface area contributed by atoms with Crippen molar-refractivity contribution in [3.05, 3.63) is 48.2 Å². The molecule has 0 atom stereocenters. The number of thiophene rings is 1. The van der Waals surface area contributed by atoms with E-state index in [1.54, 1.807) is 25.2 Å². The van der Waals surface area contributed by atoms with Gasteiger partial charge in [-0.1, -0.05) is 0 Å². The Labute approximate surface area is 137 Å². The van der Waals surface area contributed by atoms with Gasteiger partial charge in [-0.3, -0.25) is 19.5 Å². The first-order chi connectivity index (χ1) is 11.0. The molecule has 8 heteroatoms. The van der Waals surface area contributed by atoms with Gasteiger partial charge in [-0.2, -0.15) is 0 Å². The van der Waals surface area contributed by atoms with Gasteiger partial charge in [0.2, 0.25) is 5.82 Å². The second-order valence-corrected chi connectivity index (χ2v) is 6.49. The van der Waals surface area contributed by atoms with Gasteiger partial charge in [-0.05, 0) is 43.7 Å². The molecular weight excluding hydrogens is 316 g/mol. The predicted octanol–water partition coefficient (Wildman–Crippen LogP) is 2.15. The van der Waals surface area contributed by atoms with Gasteiger partial charge in [0.15, 0.2) is 0 Å². The Bertz CT molecular complexity index is 789. The first-order valence-electron chi connectivity index (χ1n) is 7.59. The highest BCUT2D eigenvalue weighted by atomic mass is 32.1. The van der Waals surface area contributed by atoms with Crippen LogP contribution in [0.1, 0.15) is 23.2 Å². The maximum Gasteiger partial charge on any atom is 0.376 e. The molecule has 0 bridgehead atoms. The Morgan fingerprint density at radius 3 is 2.83 bits per heavy atom. The lowest BCUT2D eigenvalue weighted by Crippen LogP contribution is -2.33. The fourth-order valence-corrected chi connectivity index (χ4v) is 3.94. The second kappa shape index (κ2) is 6.11. The average molecular weight is 334 g/mol. The Hall–Kier alpha value is -2.22. The van der Waals surface area contributed by atoms with E-state index in [0.717, 1.165) is 12.8 Å². The Balaban J connectivity index is 2.04. The van der Waals surface area contributed by atoms with E-state index in [9.17, 15) is 14.9 Å². The third-order valence-corrected chi connectivity index (χ3v) is 5.24. The van der Waals surface area contributed by atoms with Crippen LogP contribution in [0.5, 0.6) is 0 Å². The van der Waals surface area contributed by atoms with Crippen molar-refractivity contribution in [1.82, 2.24) is 9.55 Å². The van der Waals surface area contributed by atoms with Crippen molar-refractivity contribution >= 4 is 22.8 Å². The summed E-state index contributed by atoms with van der Waals surface area (Å²) in [4.78, 5) is 30.9. The standard InChI is InChI=1S/C15H18N4O3S/c1-3-18-10(2)16-14(13(15(18)20)19(21)22)17-7-4-11-6-9-23-12(11)5-8-17/h6,9H,3-5,7-8H2,1-2H3. The maximum atomic E-state index is 12.4. The molecule has 0 aromatic carbocycles. The molecule has 0 amide bonds. The van der Waals surface area contributed by atoms with Gasteiger partial charge in [-0.25, -0.2) is 4.98 Å². The van der Waals surface area contributed by atoms with Gasteiger partial charge in [0.1, 0.15) is 5.82 Å². The summed E-state index contributed by atoms with van der Waals surface area (Å²) in [6, 6.07) is 2.10. The van der Waals surface area contributed by atoms with Crippen molar-refractivity contribution in [2.45, 2.75) is 33.2 Å². The van der Waals surface area contributed by atoms with Gasteiger partial charge in [-0.15, -0.1) is 11.3 Å². The van der Waals surface area contributed by atoms with Crippen LogP contribution in [0.4, 0.5) is 11.5 Å². The highest BCUT2D eigenvalue weighted by molar-refractivity contribution is 7.10. The molecule has 0 saturated heterocycles. The summed E-state index contributed by atoms with van der Waals surface area (Å²) in [7, 11) is 0. The number of hydrogen-bond donors (Lipinski definition) is 0. The molecule has 0 fully saturated rings. The average Bonchev–Trinajstić information content (AvgIpc) is 2.85. The van der Waals surface area contributed by atoms with E-state index in [1.165, 1.54) is 15.0 Å².